The SMILES string of the molecule is Cc1ccc(S(=O)(=O)N2Cc3cccnc3C2)cc1. The Morgan fingerprint density at radius 1 is 1.11 bits per heavy atom. The molecule has 5 heteroatoms. The van der Waals surface area contributed by atoms with Gasteiger partial charge < -0.3 is 0 Å². The molecule has 0 N–H and O–H groups in total. The second-order valence-electron chi connectivity index (χ2n) is 4.70. The third-order valence-electron chi connectivity index (χ3n) is 3.32. The van der Waals surface area contributed by atoms with Crippen molar-refractivity contribution in [3.63, 3.8) is 0 Å². The Labute approximate surface area is 112 Å². The first-order chi connectivity index (χ1) is 9.07. The van der Waals surface area contributed by atoms with Crippen molar-refractivity contribution in [2.45, 2.75) is 24.9 Å². The zero-order valence-corrected chi connectivity index (χ0v) is 11.4. The molecule has 98 valence electrons. The van der Waals surface area contributed by atoms with Gasteiger partial charge in [-0.1, -0.05) is 23.8 Å². The minimum absolute atomic E-state index is 0.339. The van der Waals surface area contributed by atoms with Gasteiger partial charge in [0, 0.05) is 12.7 Å². The molecule has 4 nitrogen and oxygen atoms in total. The van der Waals surface area contributed by atoms with Gasteiger partial charge >= 0.3 is 0 Å². The summed E-state index contributed by atoms with van der Waals surface area (Å²) in [5.41, 5.74) is 2.88. The molecule has 0 atom stereocenters. The third kappa shape index (κ3) is 2.15. The van der Waals surface area contributed by atoms with Crippen LogP contribution >= 0.6 is 0 Å². The van der Waals surface area contributed by atoms with E-state index in [4.69, 9.17) is 0 Å². The first-order valence-electron chi connectivity index (χ1n) is 6.07. The lowest BCUT2D eigenvalue weighted by Gasteiger charge is -2.15. The van der Waals surface area contributed by atoms with Crippen LogP contribution < -0.4 is 0 Å². The maximum absolute atomic E-state index is 12.5. The van der Waals surface area contributed by atoms with Crippen LogP contribution in [0, 0.1) is 6.92 Å². The fourth-order valence-electron chi connectivity index (χ4n) is 2.20. The van der Waals surface area contributed by atoms with E-state index in [1.165, 1.54) is 4.31 Å². The smallest absolute Gasteiger partial charge is 0.243 e. The minimum Gasteiger partial charge on any atom is -0.260 e. The summed E-state index contributed by atoms with van der Waals surface area (Å²) in [5.74, 6) is 0. The number of fused-ring (bicyclic) bond motifs is 1. The van der Waals surface area contributed by atoms with Crippen molar-refractivity contribution in [2.24, 2.45) is 0 Å². The van der Waals surface area contributed by atoms with Crippen molar-refractivity contribution in [3.05, 3.63) is 59.4 Å². The molecule has 1 aliphatic rings. The van der Waals surface area contributed by atoms with Crippen molar-refractivity contribution in [1.29, 1.82) is 0 Å². The molecule has 0 saturated carbocycles. The molecule has 2 heterocycles. The molecular weight excluding hydrogens is 260 g/mol. The fourth-order valence-corrected chi connectivity index (χ4v) is 3.58. The number of aromatic nitrogens is 1. The van der Waals surface area contributed by atoms with Crippen LogP contribution in [-0.4, -0.2) is 17.7 Å². The van der Waals surface area contributed by atoms with E-state index in [9.17, 15) is 8.42 Å². The van der Waals surface area contributed by atoms with Crippen molar-refractivity contribution in [3.8, 4) is 0 Å². The predicted octanol–water partition coefficient (Wildman–Crippen LogP) is 2.09. The summed E-state index contributed by atoms with van der Waals surface area (Å²) in [6.45, 7) is 2.69. The molecule has 0 radical (unpaired) electrons. The van der Waals surface area contributed by atoms with Crippen LogP contribution in [0.5, 0.6) is 0 Å². The van der Waals surface area contributed by atoms with Gasteiger partial charge in [0.25, 0.3) is 0 Å². The molecule has 1 aliphatic heterocycles. The Bertz CT molecular complexity index is 683. The summed E-state index contributed by atoms with van der Waals surface area (Å²) in [4.78, 5) is 4.56. The zero-order valence-electron chi connectivity index (χ0n) is 10.6. The number of hydrogen-bond acceptors (Lipinski definition) is 3. The largest absolute Gasteiger partial charge is 0.260 e. The number of sulfonamides is 1. The van der Waals surface area contributed by atoms with Crippen molar-refractivity contribution < 1.29 is 8.42 Å². The maximum Gasteiger partial charge on any atom is 0.243 e. The molecule has 0 bridgehead atoms. The second kappa shape index (κ2) is 4.43. The minimum atomic E-state index is -3.43. The van der Waals surface area contributed by atoms with E-state index in [0.717, 1.165) is 16.8 Å². The molecule has 0 fully saturated rings. The van der Waals surface area contributed by atoms with Gasteiger partial charge in [-0.05, 0) is 30.7 Å². The van der Waals surface area contributed by atoms with Gasteiger partial charge in [-0.2, -0.15) is 4.31 Å². The molecular formula is C14H14N2O2S. The van der Waals surface area contributed by atoms with Gasteiger partial charge in [0.2, 0.25) is 10.0 Å². The zero-order chi connectivity index (χ0) is 13.5. The number of pyridine rings is 1. The Balaban J connectivity index is 1.94. The van der Waals surface area contributed by atoms with Gasteiger partial charge in [0.15, 0.2) is 0 Å². The second-order valence-corrected chi connectivity index (χ2v) is 6.63. The molecule has 0 saturated heterocycles. The molecule has 0 unspecified atom stereocenters. The summed E-state index contributed by atoms with van der Waals surface area (Å²) < 4.78 is 26.5. The number of benzene rings is 1. The standard InChI is InChI=1S/C14H14N2O2S/c1-11-4-6-13(7-5-11)19(17,18)16-9-12-3-2-8-15-14(12)10-16/h2-8H,9-10H2,1H3. The average Bonchev–Trinajstić information content (AvgIpc) is 2.83. The highest BCUT2D eigenvalue weighted by atomic mass is 32.2. The average molecular weight is 274 g/mol. The molecule has 0 amide bonds. The summed E-state index contributed by atoms with van der Waals surface area (Å²) in [5, 5.41) is 0. The van der Waals surface area contributed by atoms with E-state index in [1.54, 1.807) is 18.3 Å². The lowest BCUT2D eigenvalue weighted by molar-refractivity contribution is 0.430. The Morgan fingerprint density at radius 2 is 1.84 bits per heavy atom. The van der Waals surface area contributed by atoms with Gasteiger partial charge in [0.1, 0.15) is 0 Å². The van der Waals surface area contributed by atoms with Crippen LogP contribution in [0.3, 0.4) is 0 Å². The van der Waals surface area contributed by atoms with Gasteiger partial charge in [0.05, 0.1) is 17.1 Å². The first-order valence-corrected chi connectivity index (χ1v) is 7.51. The fraction of sp³-hybridized carbons (Fsp3) is 0.214. The molecule has 0 spiro atoms. The highest BCUT2D eigenvalue weighted by Crippen LogP contribution is 2.27. The maximum atomic E-state index is 12.5. The van der Waals surface area contributed by atoms with Gasteiger partial charge in [-0.25, -0.2) is 8.42 Å². The van der Waals surface area contributed by atoms with Crippen molar-refractivity contribution in [2.75, 3.05) is 0 Å². The Kier molecular flexibility index (Phi) is 2.88. The molecule has 19 heavy (non-hydrogen) atoms. The van der Waals surface area contributed by atoms with Crippen LogP contribution in [0.25, 0.3) is 0 Å². The summed E-state index contributed by atoms with van der Waals surface area (Å²) in [6.07, 6.45) is 1.70. The van der Waals surface area contributed by atoms with E-state index in [2.05, 4.69) is 4.98 Å². The van der Waals surface area contributed by atoms with Crippen LogP contribution in [0.1, 0.15) is 16.8 Å². The summed E-state index contributed by atoms with van der Waals surface area (Å²) in [7, 11) is -3.43. The molecule has 1 aromatic carbocycles. The third-order valence-corrected chi connectivity index (χ3v) is 5.12. The predicted molar refractivity (Wildman–Crippen MR) is 71.8 cm³/mol. The number of nitrogens with zero attached hydrogens (tertiary/aromatic N) is 2. The van der Waals surface area contributed by atoms with E-state index < -0.39 is 10.0 Å². The quantitative estimate of drug-likeness (QED) is 0.842. The lowest BCUT2D eigenvalue weighted by Crippen LogP contribution is -2.25. The van der Waals surface area contributed by atoms with Gasteiger partial charge in [-0.3, -0.25) is 4.98 Å². The topological polar surface area (TPSA) is 50.3 Å². The number of aryl methyl sites for hydroxylation is 1. The van der Waals surface area contributed by atoms with Crippen LogP contribution in [0.15, 0.2) is 47.5 Å². The normalized spacial score (nSPS) is 15.4. The van der Waals surface area contributed by atoms with Crippen molar-refractivity contribution >= 4 is 10.0 Å². The Morgan fingerprint density at radius 3 is 2.53 bits per heavy atom. The van der Waals surface area contributed by atoms with Crippen molar-refractivity contribution in [1.82, 2.24) is 9.29 Å². The van der Waals surface area contributed by atoms with Crippen LogP contribution in [0.2, 0.25) is 0 Å². The van der Waals surface area contributed by atoms with Crippen LogP contribution in [-0.2, 0) is 23.1 Å². The molecule has 2 aromatic rings. The van der Waals surface area contributed by atoms with Gasteiger partial charge in [-0.15, -0.1) is 0 Å². The Hall–Kier alpha value is -1.72. The first kappa shape index (κ1) is 12.3. The highest BCUT2D eigenvalue weighted by molar-refractivity contribution is 7.89. The molecule has 0 aliphatic carbocycles. The van der Waals surface area contributed by atoms with Crippen LogP contribution in [0.4, 0.5) is 0 Å². The number of rotatable bonds is 2. The highest BCUT2D eigenvalue weighted by Gasteiger charge is 2.30. The monoisotopic (exact) mass is 274 g/mol. The van der Waals surface area contributed by atoms with E-state index in [1.807, 2.05) is 31.2 Å². The summed E-state index contributed by atoms with van der Waals surface area (Å²) >= 11 is 0. The van der Waals surface area contributed by atoms with E-state index >= 15 is 0 Å². The molecule has 3 rings (SSSR count). The number of hydrogen-bond donors (Lipinski definition) is 0. The summed E-state index contributed by atoms with van der Waals surface area (Å²) in [6, 6.07) is 10.7. The molecule has 1 aromatic heterocycles. The van der Waals surface area contributed by atoms with E-state index in [0.29, 0.717) is 18.0 Å². The van der Waals surface area contributed by atoms with E-state index in [-0.39, 0.29) is 0 Å². The lowest BCUT2D eigenvalue weighted by atomic mass is 10.2.